The standard InChI is InChI=1S/C18H19ClN4O2S.ClH/c19-16-2-1-14(26-16)10-21-17-9-15(12-3-6-20-7-4-12)22-23(17)18(24)13-5-8-25-11-13;/h1-2,5,8-9,11-12,20-21H,3-4,6-7,10H2;1H. The third-order valence-electron chi connectivity index (χ3n) is 4.52. The van der Waals surface area contributed by atoms with Crippen molar-refractivity contribution in [1.82, 2.24) is 15.1 Å². The number of nitrogens with one attached hydrogen (secondary N) is 2. The van der Waals surface area contributed by atoms with Crippen LogP contribution in [0.25, 0.3) is 0 Å². The molecule has 4 heterocycles. The van der Waals surface area contributed by atoms with E-state index < -0.39 is 0 Å². The van der Waals surface area contributed by atoms with Crippen molar-refractivity contribution in [1.29, 1.82) is 0 Å². The third-order valence-corrected chi connectivity index (χ3v) is 5.75. The van der Waals surface area contributed by atoms with Gasteiger partial charge in [0.15, 0.2) is 0 Å². The molecule has 0 saturated carbocycles. The van der Waals surface area contributed by atoms with E-state index in [9.17, 15) is 4.79 Å². The molecule has 4 rings (SSSR count). The van der Waals surface area contributed by atoms with Gasteiger partial charge in [-0.1, -0.05) is 11.6 Å². The van der Waals surface area contributed by atoms with Crippen molar-refractivity contribution in [3.63, 3.8) is 0 Å². The molecule has 3 aromatic heterocycles. The van der Waals surface area contributed by atoms with E-state index in [1.807, 2.05) is 18.2 Å². The molecule has 0 radical (unpaired) electrons. The van der Waals surface area contributed by atoms with Crippen molar-refractivity contribution >= 4 is 47.1 Å². The zero-order valence-corrected chi connectivity index (χ0v) is 16.9. The molecule has 0 amide bonds. The largest absolute Gasteiger partial charge is 0.472 e. The quantitative estimate of drug-likeness (QED) is 0.632. The number of anilines is 1. The number of nitrogens with zero attached hydrogens (tertiary/aromatic N) is 2. The summed E-state index contributed by atoms with van der Waals surface area (Å²) in [5.74, 6) is 0.853. The van der Waals surface area contributed by atoms with Gasteiger partial charge in [-0.05, 0) is 44.1 Å². The smallest absolute Gasteiger partial charge is 0.283 e. The van der Waals surface area contributed by atoms with E-state index in [2.05, 4.69) is 15.7 Å². The summed E-state index contributed by atoms with van der Waals surface area (Å²) >= 11 is 7.52. The minimum absolute atomic E-state index is 0. The molecular weight excluding hydrogens is 407 g/mol. The van der Waals surface area contributed by atoms with E-state index in [1.165, 1.54) is 28.5 Å². The fraction of sp³-hybridized carbons (Fsp3) is 0.333. The first-order valence-corrected chi connectivity index (χ1v) is 9.76. The lowest BCUT2D eigenvalue weighted by molar-refractivity contribution is 0.0946. The first kappa shape index (κ1) is 19.9. The van der Waals surface area contributed by atoms with E-state index in [0.717, 1.165) is 40.8 Å². The number of hydrogen-bond donors (Lipinski definition) is 2. The highest BCUT2D eigenvalue weighted by Crippen LogP contribution is 2.28. The fourth-order valence-electron chi connectivity index (χ4n) is 3.13. The predicted molar refractivity (Wildman–Crippen MR) is 109 cm³/mol. The molecule has 9 heteroatoms. The Kier molecular flexibility index (Phi) is 6.59. The van der Waals surface area contributed by atoms with Crippen LogP contribution in [-0.2, 0) is 6.54 Å². The van der Waals surface area contributed by atoms with Gasteiger partial charge in [-0.25, -0.2) is 0 Å². The second kappa shape index (κ2) is 8.93. The number of thiophene rings is 1. The molecular formula is C18H20Cl2N4O2S. The van der Waals surface area contributed by atoms with Crippen LogP contribution in [0, 0.1) is 0 Å². The molecule has 1 aliphatic heterocycles. The number of piperidine rings is 1. The van der Waals surface area contributed by atoms with Gasteiger partial charge < -0.3 is 15.1 Å². The van der Waals surface area contributed by atoms with Crippen molar-refractivity contribution in [3.05, 3.63) is 57.3 Å². The zero-order valence-electron chi connectivity index (χ0n) is 14.5. The summed E-state index contributed by atoms with van der Waals surface area (Å²) in [5, 5.41) is 11.3. The minimum Gasteiger partial charge on any atom is -0.472 e. The van der Waals surface area contributed by atoms with E-state index in [4.69, 9.17) is 16.0 Å². The van der Waals surface area contributed by atoms with E-state index in [0.29, 0.717) is 23.8 Å². The van der Waals surface area contributed by atoms with Crippen LogP contribution >= 0.6 is 35.3 Å². The Morgan fingerprint density at radius 3 is 2.85 bits per heavy atom. The normalized spacial score (nSPS) is 14.7. The minimum atomic E-state index is -0.203. The van der Waals surface area contributed by atoms with Gasteiger partial charge in [-0.2, -0.15) is 9.78 Å². The van der Waals surface area contributed by atoms with Crippen LogP contribution in [0.3, 0.4) is 0 Å². The van der Waals surface area contributed by atoms with Crippen molar-refractivity contribution in [2.45, 2.75) is 25.3 Å². The molecule has 0 unspecified atom stereocenters. The highest BCUT2D eigenvalue weighted by atomic mass is 35.5. The Morgan fingerprint density at radius 2 is 2.19 bits per heavy atom. The Bertz CT molecular complexity index is 885. The summed E-state index contributed by atoms with van der Waals surface area (Å²) in [6.45, 7) is 2.54. The van der Waals surface area contributed by atoms with Crippen molar-refractivity contribution in [2.24, 2.45) is 0 Å². The molecule has 1 saturated heterocycles. The summed E-state index contributed by atoms with van der Waals surface area (Å²) in [4.78, 5) is 13.9. The maximum absolute atomic E-state index is 12.8. The average molecular weight is 427 g/mol. The lowest BCUT2D eigenvalue weighted by atomic mass is 9.95. The highest BCUT2D eigenvalue weighted by molar-refractivity contribution is 7.16. The summed E-state index contributed by atoms with van der Waals surface area (Å²) in [6.07, 6.45) is 4.98. The van der Waals surface area contributed by atoms with Gasteiger partial charge in [-0.3, -0.25) is 4.79 Å². The Labute approximate surface area is 172 Å². The van der Waals surface area contributed by atoms with Crippen molar-refractivity contribution in [2.75, 3.05) is 18.4 Å². The molecule has 0 bridgehead atoms. The molecule has 2 N–H and O–H groups in total. The molecule has 0 aromatic carbocycles. The fourth-order valence-corrected chi connectivity index (χ4v) is 4.16. The Balaban J connectivity index is 0.00000210. The summed E-state index contributed by atoms with van der Waals surface area (Å²) in [7, 11) is 0. The number of furan rings is 1. The first-order valence-electron chi connectivity index (χ1n) is 8.56. The lowest BCUT2D eigenvalue weighted by Crippen LogP contribution is -2.27. The van der Waals surface area contributed by atoms with Gasteiger partial charge in [0, 0.05) is 16.9 Å². The Morgan fingerprint density at radius 1 is 1.37 bits per heavy atom. The average Bonchev–Trinajstić information content (AvgIpc) is 3.41. The van der Waals surface area contributed by atoms with Crippen LogP contribution in [-0.4, -0.2) is 28.8 Å². The maximum Gasteiger partial charge on any atom is 0.283 e. The topological polar surface area (TPSA) is 72.1 Å². The molecule has 0 spiro atoms. The van der Waals surface area contributed by atoms with Crippen molar-refractivity contribution in [3.8, 4) is 0 Å². The van der Waals surface area contributed by atoms with Crippen LogP contribution in [0.1, 0.15) is 39.7 Å². The molecule has 0 aliphatic carbocycles. The van der Waals surface area contributed by atoms with Gasteiger partial charge >= 0.3 is 0 Å². The van der Waals surface area contributed by atoms with Crippen LogP contribution in [0.4, 0.5) is 5.82 Å². The molecule has 3 aromatic rings. The number of aromatic nitrogens is 2. The summed E-state index contributed by atoms with van der Waals surface area (Å²) in [6, 6.07) is 7.49. The zero-order chi connectivity index (χ0) is 17.9. The third kappa shape index (κ3) is 4.55. The van der Waals surface area contributed by atoms with Crippen LogP contribution in [0.15, 0.2) is 41.2 Å². The second-order valence-electron chi connectivity index (χ2n) is 6.27. The number of hydrogen-bond acceptors (Lipinski definition) is 6. The summed E-state index contributed by atoms with van der Waals surface area (Å²) < 4.78 is 7.24. The van der Waals surface area contributed by atoms with Gasteiger partial charge in [-0.15, -0.1) is 23.7 Å². The molecule has 1 fully saturated rings. The van der Waals surface area contributed by atoms with Crippen molar-refractivity contribution < 1.29 is 9.21 Å². The molecule has 1 aliphatic rings. The Hall–Kier alpha value is -1.80. The molecule has 6 nitrogen and oxygen atoms in total. The van der Waals surface area contributed by atoms with Gasteiger partial charge in [0.25, 0.3) is 5.91 Å². The predicted octanol–water partition coefficient (Wildman–Crippen LogP) is 4.38. The number of carbonyl (C=O) groups is 1. The summed E-state index contributed by atoms with van der Waals surface area (Å²) in [5.41, 5.74) is 1.43. The lowest BCUT2D eigenvalue weighted by Gasteiger charge is -2.20. The molecule has 144 valence electrons. The van der Waals surface area contributed by atoms with E-state index in [-0.39, 0.29) is 18.3 Å². The second-order valence-corrected chi connectivity index (χ2v) is 8.07. The van der Waals surface area contributed by atoms with Gasteiger partial charge in [0.1, 0.15) is 12.1 Å². The SMILES string of the molecule is Cl.O=C(c1ccoc1)n1nc(C2CCNCC2)cc1NCc1ccc(Cl)s1. The number of halogens is 2. The molecule has 0 atom stereocenters. The van der Waals surface area contributed by atoms with E-state index in [1.54, 1.807) is 6.07 Å². The highest BCUT2D eigenvalue weighted by Gasteiger charge is 2.23. The number of rotatable bonds is 5. The van der Waals surface area contributed by atoms with Crippen LogP contribution in [0.5, 0.6) is 0 Å². The number of carbonyl (C=O) groups excluding carboxylic acids is 1. The monoisotopic (exact) mass is 426 g/mol. The maximum atomic E-state index is 12.8. The van der Waals surface area contributed by atoms with Crippen LogP contribution < -0.4 is 10.6 Å². The van der Waals surface area contributed by atoms with Gasteiger partial charge in [0.05, 0.1) is 28.4 Å². The molecule has 27 heavy (non-hydrogen) atoms. The first-order chi connectivity index (χ1) is 12.7. The van der Waals surface area contributed by atoms with Crippen LogP contribution in [0.2, 0.25) is 4.34 Å². The van der Waals surface area contributed by atoms with E-state index >= 15 is 0 Å². The van der Waals surface area contributed by atoms with Gasteiger partial charge in [0.2, 0.25) is 0 Å².